The lowest BCUT2D eigenvalue weighted by atomic mass is 9.65. The molecule has 2 N–H and O–H groups in total. The Balaban J connectivity index is 1.38. The molecule has 1 saturated carbocycles. The van der Waals surface area contributed by atoms with Gasteiger partial charge >= 0.3 is 6.03 Å². The highest BCUT2D eigenvalue weighted by Gasteiger charge is 2.51. The molecule has 0 radical (unpaired) electrons. The van der Waals surface area contributed by atoms with Gasteiger partial charge in [-0.15, -0.1) is 0 Å². The number of carbonyl (C=O) groups is 1. The highest BCUT2D eigenvalue weighted by Crippen LogP contribution is 2.50. The van der Waals surface area contributed by atoms with Crippen LogP contribution in [0, 0.1) is 5.82 Å². The Morgan fingerprint density at radius 3 is 2.57 bits per heavy atom. The van der Waals surface area contributed by atoms with Crippen molar-refractivity contribution in [2.45, 2.75) is 49.7 Å². The molecule has 1 aliphatic carbocycles. The number of halogens is 1. The lowest BCUT2D eigenvalue weighted by Gasteiger charge is -2.45. The van der Waals surface area contributed by atoms with E-state index in [-0.39, 0.29) is 29.3 Å². The Labute approximate surface area is 217 Å². The van der Waals surface area contributed by atoms with Crippen molar-refractivity contribution in [2.75, 3.05) is 26.1 Å². The van der Waals surface area contributed by atoms with Crippen molar-refractivity contribution in [3.63, 3.8) is 0 Å². The molecule has 37 heavy (non-hydrogen) atoms. The van der Waals surface area contributed by atoms with Gasteiger partial charge in [-0.2, -0.15) is 0 Å². The zero-order chi connectivity index (χ0) is 25.8. The number of urea groups is 1. The number of rotatable bonds is 7. The number of nitrogens with zero attached hydrogens (tertiary/aromatic N) is 1. The quantitative estimate of drug-likeness (QED) is 0.432. The van der Waals surface area contributed by atoms with E-state index in [1.54, 1.807) is 26.4 Å². The van der Waals surface area contributed by atoms with Crippen molar-refractivity contribution in [2.24, 2.45) is 0 Å². The van der Waals surface area contributed by atoms with Crippen LogP contribution in [0.25, 0.3) is 0 Å². The summed E-state index contributed by atoms with van der Waals surface area (Å²) in [5.41, 5.74) is 2.95. The summed E-state index contributed by atoms with van der Waals surface area (Å²) in [5.74, 6) is 1.09. The summed E-state index contributed by atoms with van der Waals surface area (Å²) < 4.78 is 24.7. The number of anilines is 1. The topological polar surface area (TPSA) is 62.8 Å². The molecule has 3 atom stereocenters. The summed E-state index contributed by atoms with van der Waals surface area (Å²) in [6.45, 7) is 1.85. The van der Waals surface area contributed by atoms with Crippen molar-refractivity contribution in [1.82, 2.24) is 10.2 Å². The zero-order valence-corrected chi connectivity index (χ0v) is 21.4. The third kappa shape index (κ3) is 5.27. The van der Waals surface area contributed by atoms with E-state index in [0.717, 1.165) is 50.3 Å². The summed E-state index contributed by atoms with van der Waals surface area (Å²) in [4.78, 5) is 15.3. The fourth-order valence-electron chi connectivity index (χ4n) is 6.18. The summed E-state index contributed by atoms with van der Waals surface area (Å²) in [5, 5.41) is 5.93. The second-order valence-electron chi connectivity index (χ2n) is 10.0. The van der Waals surface area contributed by atoms with Crippen molar-refractivity contribution < 1.29 is 18.7 Å². The monoisotopic (exact) mass is 503 g/mol. The normalized spacial score (nSPS) is 23.2. The van der Waals surface area contributed by atoms with E-state index in [4.69, 9.17) is 9.47 Å². The van der Waals surface area contributed by atoms with Crippen molar-refractivity contribution >= 4 is 11.7 Å². The van der Waals surface area contributed by atoms with Gasteiger partial charge in [0.1, 0.15) is 5.82 Å². The first kappa shape index (κ1) is 25.1. The largest absolute Gasteiger partial charge is 0.493 e. The predicted molar refractivity (Wildman–Crippen MR) is 143 cm³/mol. The fraction of sp³-hybridized carbons (Fsp3) is 0.367. The minimum absolute atomic E-state index is 0.0169. The van der Waals surface area contributed by atoms with Crippen LogP contribution >= 0.6 is 0 Å². The number of methoxy groups -OCH3 is 2. The van der Waals surface area contributed by atoms with E-state index in [2.05, 4.69) is 51.9 Å². The molecule has 0 unspecified atom stereocenters. The Kier molecular flexibility index (Phi) is 7.33. The van der Waals surface area contributed by atoms with Gasteiger partial charge in [0.25, 0.3) is 0 Å². The maximum atomic E-state index is 13.6. The van der Waals surface area contributed by atoms with Gasteiger partial charge in [-0.25, -0.2) is 9.18 Å². The van der Waals surface area contributed by atoms with Crippen molar-refractivity contribution in [3.05, 3.63) is 89.7 Å². The Morgan fingerprint density at radius 1 is 1.00 bits per heavy atom. The molecule has 2 amide bonds. The lowest BCUT2D eigenvalue weighted by molar-refractivity contribution is 0.131. The fourth-order valence-corrected chi connectivity index (χ4v) is 6.18. The highest BCUT2D eigenvalue weighted by molar-refractivity contribution is 5.89. The molecule has 1 aliphatic heterocycles. The minimum Gasteiger partial charge on any atom is -0.493 e. The molecule has 3 aromatic carbocycles. The minimum atomic E-state index is -0.377. The van der Waals surface area contributed by atoms with Crippen LogP contribution in [0.3, 0.4) is 0 Å². The number of fused-ring (bicyclic) bond motifs is 1. The average Bonchev–Trinajstić information content (AvgIpc) is 3.27. The average molecular weight is 504 g/mol. The number of hydrogen-bond donors (Lipinski definition) is 2. The number of ether oxygens (including phenoxy) is 2. The lowest BCUT2D eigenvalue weighted by Crippen LogP contribution is -2.52. The predicted octanol–water partition coefficient (Wildman–Crippen LogP) is 5.73. The summed E-state index contributed by atoms with van der Waals surface area (Å²) >= 11 is 0. The first-order valence-corrected chi connectivity index (χ1v) is 12.8. The van der Waals surface area contributed by atoms with Crippen LogP contribution in [-0.4, -0.2) is 43.8 Å². The molecule has 1 heterocycles. The summed E-state index contributed by atoms with van der Waals surface area (Å²) in [6.07, 6.45) is 3.68. The Hall–Kier alpha value is -3.58. The molecule has 0 aromatic heterocycles. The van der Waals surface area contributed by atoms with Crippen LogP contribution in [0.5, 0.6) is 11.5 Å². The standard InChI is InChI=1S/C30H34FN3O3/c1-36-26-12-11-22(17-27(26)37-2)30-14-13-25(33-29(35)32-24-10-6-9-23(31)18-24)19-28(30)34(16-15-30)20-21-7-4-3-5-8-21/h3-12,17-18,25,28H,13-16,19-20H2,1-2H3,(H2,32,33,35)/t25-,28+,30+/m1/s1. The zero-order valence-electron chi connectivity index (χ0n) is 21.4. The van der Waals surface area contributed by atoms with Gasteiger partial charge in [0.15, 0.2) is 11.5 Å². The smallest absolute Gasteiger partial charge is 0.319 e. The summed E-state index contributed by atoms with van der Waals surface area (Å²) in [6, 6.07) is 22.7. The second-order valence-corrected chi connectivity index (χ2v) is 10.0. The second kappa shape index (κ2) is 10.8. The molecule has 0 spiro atoms. The van der Waals surface area contributed by atoms with Crippen LogP contribution in [0.15, 0.2) is 72.8 Å². The molecule has 2 fully saturated rings. The molecule has 5 rings (SSSR count). The van der Waals surface area contributed by atoms with Gasteiger partial charge in [-0.05, 0) is 73.7 Å². The van der Waals surface area contributed by atoms with Gasteiger partial charge < -0.3 is 20.1 Å². The molecule has 2 aliphatic rings. The van der Waals surface area contributed by atoms with Crippen LogP contribution in [0.2, 0.25) is 0 Å². The highest BCUT2D eigenvalue weighted by atomic mass is 19.1. The number of benzene rings is 3. The third-order valence-corrected chi connectivity index (χ3v) is 7.98. The van der Waals surface area contributed by atoms with Gasteiger partial charge in [0.05, 0.1) is 14.2 Å². The van der Waals surface area contributed by atoms with E-state index in [1.807, 2.05) is 12.1 Å². The van der Waals surface area contributed by atoms with E-state index >= 15 is 0 Å². The first-order valence-electron chi connectivity index (χ1n) is 12.8. The molecule has 6 nitrogen and oxygen atoms in total. The van der Waals surface area contributed by atoms with Gasteiger partial charge in [-0.1, -0.05) is 42.5 Å². The van der Waals surface area contributed by atoms with Crippen molar-refractivity contribution in [1.29, 1.82) is 0 Å². The van der Waals surface area contributed by atoms with E-state index < -0.39 is 0 Å². The molecular weight excluding hydrogens is 469 g/mol. The molecule has 3 aromatic rings. The number of amides is 2. The van der Waals surface area contributed by atoms with Crippen LogP contribution in [0.1, 0.15) is 36.8 Å². The van der Waals surface area contributed by atoms with E-state index in [1.165, 1.54) is 23.3 Å². The Bertz CT molecular complexity index is 1240. The van der Waals surface area contributed by atoms with Crippen molar-refractivity contribution in [3.8, 4) is 11.5 Å². The molecule has 1 saturated heterocycles. The summed E-state index contributed by atoms with van der Waals surface area (Å²) in [7, 11) is 3.33. The van der Waals surface area contributed by atoms with Crippen LogP contribution in [0.4, 0.5) is 14.9 Å². The number of carbonyl (C=O) groups excluding carboxylic acids is 1. The molecule has 194 valence electrons. The maximum Gasteiger partial charge on any atom is 0.319 e. The van der Waals surface area contributed by atoms with E-state index in [0.29, 0.717) is 5.69 Å². The first-order chi connectivity index (χ1) is 18.0. The number of likely N-dealkylation sites (tertiary alicyclic amines) is 1. The van der Waals surface area contributed by atoms with Crippen LogP contribution < -0.4 is 20.1 Å². The maximum absolute atomic E-state index is 13.6. The van der Waals surface area contributed by atoms with E-state index in [9.17, 15) is 9.18 Å². The molecule has 0 bridgehead atoms. The molecular formula is C30H34FN3O3. The van der Waals surface area contributed by atoms with Crippen LogP contribution in [-0.2, 0) is 12.0 Å². The van der Waals surface area contributed by atoms with Gasteiger partial charge in [0.2, 0.25) is 0 Å². The number of nitrogens with one attached hydrogen (secondary N) is 2. The molecule has 7 heteroatoms. The van der Waals surface area contributed by atoms with Gasteiger partial charge in [0, 0.05) is 29.7 Å². The number of hydrogen-bond acceptors (Lipinski definition) is 4. The third-order valence-electron chi connectivity index (χ3n) is 7.98. The SMILES string of the molecule is COc1ccc([C@@]23CC[C@@H](NC(=O)Nc4cccc(F)c4)C[C@@H]2N(Cc2ccccc2)CC3)cc1OC. The Morgan fingerprint density at radius 2 is 1.81 bits per heavy atom. The van der Waals surface area contributed by atoms with Gasteiger partial charge in [-0.3, -0.25) is 4.90 Å².